The van der Waals surface area contributed by atoms with Crippen molar-refractivity contribution in [3.63, 3.8) is 0 Å². The van der Waals surface area contributed by atoms with E-state index in [1.165, 1.54) is 0 Å². The van der Waals surface area contributed by atoms with Gasteiger partial charge < -0.3 is 10.3 Å². The lowest BCUT2D eigenvalue weighted by molar-refractivity contribution is 0.102. The number of amides is 1. The molecule has 0 aliphatic carbocycles. The van der Waals surface area contributed by atoms with Crippen molar-refractivity contribution >= 4 is 34.2 Å². The van der Waals surface area contributed by atoms with Gasteiger partial charge in [0.1, 0.15) is 5.69 Å². The van der Waals surface area contributed by atoms with E-state index in [1.807, 2.05) is 0 Å². The zero-order valence-corrected chi connectivity index (χ0v) is 10.5. The van der Waals surface area contributed by atoms with Gasteiger partial charge in [-0.2, -0.15) is 0 Å². The molecule has 1 amide bonds. The van der Waals surface area contributed by atoms with Crippen LogP contribution in [-0.4, -0.2) is 20.9 Å². The standard InChI is InChI=1S/C13H9ClN4O/c14-13-17-9-5-4-8(7-11(9)18-13)16-12(19)10-3-1-2-6-15-10/h1-7H,(H,16,19)(H,17,18). The lowest BCUT2D eigenvalue weighted by atomic mass is 10.2. The number of carbonyl (C=O) groups is 1. The maximum atomic E-state index is 11.9. The third kappa shape index (κ3) is 2.41. The number of pyridine rings is 1. The van der Waals surface area contributed by atoms with E-state index in [2.05, 4.69) is 20.3 Å². The first kappa shape index (κ1) is 11.7. The Bertz CT molecular complexity index is 739. The van der Waals surface area contributed by atoms with E-state index in [0.29, 0.717) is 16.7 Å². The van der Waals surface area contributed by atoms with Crippen molar-refractivity contribution in [3.05, 3.63) is 53.6 Å². The van der Waals surface area contributed by atoms with Gasteiger partial charge in [0.2, 0.25) is 5.28 Å². The highest BCUT2D eigenvalue weighted by atomic mass is 35.5. The number of nitrogens with zero attached hydrogens (tertiary/aromatic N) is 2. The summed E-state index contributed by atoms with van der Waals surface area (Å²) in [6.45, 7) is 0. The largest absolute Gasteiger partial charge is 0.329 e. The Hall–Kier alpha value is -2.40. The minimum atomic E-state index is -0.259. The summed E-state index contributed by atoms with van der Waals surface area (Å²) in [7, 11) is 0. The Kier molecular flexibility index (Phi) is 2.89. The average molecular weight is 273 g/mol. The van der Waals surface area contributed by atoms with Gasteiger partial charge >= 0.3 is 0 Å². The average Bonchev–Trinajstić information content (AvgIpc) is 2.79. The predicted molar refractivity (Wildman–Crippen MR) is 73.3 cm³/mol. The summed E-state index contributed by atoms with van der Waals surface area (Å²) in [5, 5.41) is 3.09. The summed E-state index contributed by atoms with van der Waals surface area (Å²) in [5.74, 6) is -0.259. The van der Waals surface area contributed by atoms with Gasteiger partial charge in [-0.3, -0.25) is 9.78 Å². The van der Waals surface area contributed by atoms with Crippen molar-refractivity contribution < 1.29 is 4.79 Å². The zero-order chi connectivity index (χ0) is 13.2. The first-order valence-electron chi connectivity index (χ1n) is 5.60. The molecule has 6 heteroatoms. The lowest BCUT2D eigenvalue weighted by Gasteiger charge is -2.04. The van der Waals surface area contributed by atoms with Crippen LogP contribution < -0.4 is 5.32 Å². The number of anilines is 1. The van der Waals surface area contributed by atoms with Crippen LogP contribution in [0.3, 0.4) is 0 Å². The van der Waals surface area contributed by atoms with E-state index in [-0.39, 0.29) is 5.91 Å². The van der Waals surface area contributed by atoms with Gasteiger partial charge in [-0.1, -0.05) is 6.07 Å². The molecule has 3 aromatic rings. The van der Waals surface area contributed by atoms with Gasteiger partial charge in [0.05, 0.1) is 11.0 Å². The van der Waals surface area contributed by atoms with Crippen molar-refractivity contribution in [2.75, 3.05) is 5.32 Å². The molecule has 1 aromatic carbocycles. The number of hydrogen-bond acceptors (Lipinski definition) is 3. The van der Waals surface area contributed by atoms with Gasteiger partial charge in [-0.25, -0.2) is 4.98 Å². The number of fused-ring (bicyclic) bond motifs is 1. The number of carbonyl (C=O) groups excluding carboxylic acids is 1. The molecule has 0 radical (unpaired) electrons. The Morgan fingerprint density at radius 2 is 2.16 bits per heavy atom. The predicted octanol–water partition coefficient (Wildman–Crippen LogP) is 2.86. The molecule has 19 heavy (non-hydrogen) atoms. The molecule has 0 aliphatic rings. The lowest BCUT2D eigenvalue weighted by Crippen LogP contribution is -2.13. The Balaban J connectivity index is 1.87. The SMILES string of the molecule is O=C(Nc1ccc2nc(Cl)[nH]c2c1)c1ccccn1. The van der Waals surface area contributed by atoms with Gasteiger partial charge in [-0.05, 0) is 41.9 Å². The minimum absolute atomic E-state index is 0.259. The topological polar surface area (TPSA) is 70.7 Å². The fraction of sp³-hybridized carbons (Fsp3) is 0. The van der Waals surface area contributed by atoms with E-state index in [1.54, 1.807) is 42.6 Å². The highest BCUT2D eigenvalue weighted by Gasteiger charge is 2.08. The highest BCUT2D eigenvalue weighted by molar-refractivity contribution is 6.29. The molecule has 94 valence electrons. The molecule has 0 saturated heterocycles. The van der Waals surface area contributed by atoms with Gasteiger partial charge in [0.15, 0.2) is 0 Å². The number of rotatable bonds is 2. The Morgan fingerprint density at radius 3 is 2.95 bits per heavy atom. The number of benzene rings is 1. The first-order chi connectivity index (χ1) is 9.22. The molecule has 0 spiro atoms. The first-order valence-corrected chi connectivity index (χ1v) is 5.98. The molecule has 0 bridgehead atoms. The molecule has 2 heterocycles. The number of imidazole rings is 1. The van der Waals surface area contributed by atoms with Crippen LogP contribution in [-0.2, 0) is 0 Å². The number of H-pyrrole nitrogens is 1. The van der Waals surface area contributed by atoms with Crippen molar-refractivity contribution in [2.45, 2.75) is 0 Å². The fourth-order valence-corrected chi connectivity index (χ4v) is 1.94. The summed E-state index contributed by atoms with van der Waals surface area (Å²) in [4.78, 5) is 22.9. The van der Waals surface area contributed by atoms with Crippen LogP contribution in [0.2, 0.25) is 5.28 Å². The normalized spacial score (nSPS) is 10.6. The van der Waals surface area contributed by atoms with E-state index < -0.39 is 0 Å². The highest BCUT2D eigenvalue weighted by Crippen LogP contribution is 2.19. The van der Waals surface area contributed by atoms with Gasteiger partial charge in [0.25, 0.3) is 5.91 Å². The molecule has 0 aliphatic heterocycles. The number of hydrogen-bond donors (Lipinski definition) is 2. The summed E-state index contributed by atoms with van der Waals surface area (Å²) in [6.07, 6.45) is 1.58. The second-order valence-electron chi connectivity index (χ2n) is 3.93. The second kappa shape index (κ2) is 4.70. The minimum Gasteiger partial charge on any atom is -0.329 e. The zero-order valence-electron chi connectivity index (χ0n) is 9.72. The molecule has 0 atom stereocenters. The maximum absolute atomic E-state index is 11.9. The molecule has 2 N–H and O–H groups in total. The van der Waals surface area contributed by atoms with Crippen molar-refractivity contribution in [1.29, 1.82) is 0 Å². The van der Waals surface area contributed by atoms with E-state index in [4.69, 9.17) is 11.6 Å². The van der Waals surface area contributed by atoms with Crippen molar-refractivity contribution in [2.24, 2.45) is 0 Å². The number of halogens is 1. The molecule has 0 saturated carbocycles. The van der Waals surface area contributed by atoms with Gasteiger partial charge in [0, 0.05) is 11.9 Å². The molecular weight excluding hydrogens is 264 g/mol. The monoisotopic (exact) mass is 272 g/mol. The van der Waals surface area contributed by atoms with Crippen LogP contribution in [0.4, 0.5) is 5.69 Å². The molecule has 0 unspecified atom stereocenters. The van der Waals surface area contributed by atoms with Gasteiger partial charge in [-0.15, -0.1) is 0 Å². The van der Waals surface area contributed by atoms with Crippen LogP contribution in [0.15, 0.2) is 42.6 Å². The molecule has 2 aromatic heterocycles. The Morgan fingerprint density at radius 1 is 1.26 bits per heavy atom. The third-order valence-electron chi connectivity index (χ3n) is 2.61. The summed E-state index contributed by atoms with van der Waals surface area (Å²) < 4.78 is 0. The summed E-state index contributed by atoms with van der Waals surface area (Å²) in [5.41, 5.74) is 2.54. The molecule has 3 rings (SSSR count). The van der Waals surface area contributed by atoms with Crippen molar-refractivity contribution in [1.82, 2.24) is 15.0 Å². The van der Waals surface area contributed by atoms with E-state index in [9.17, 15) is 4.79 Å². The number of aromatic amines is 1. The van der Waals surface area contributed by atoms with Crippen LogP contribution >= 0.6 is 11.6 Å². The summed E-state index contributed by atoms with van der Waals surface area (Å²) in [6, 6.07) is 10.5. The molecular formula is C13H9ClN4O. The van der Waals surface area contributed by atoms with E-state index in [0.717, 1.165) is 11.0 Å². The number of aromatic nitrogens is 3. The van der Waals surface area contributed by atoms with Crippen LogP contribution in [0.25, 0.3) is 11.0 Å². The van der Waals surface area contributed by atoms with Crippen LogP contribution in [0.1, 0.15) is 10.5 Å². The molecule has 5 nitrogen and oxygen atoms in total. The van der Waals surface area contributed by atoms with Crippen molar-refractivity contribution in [3.8, 4) is 0 Å². The number of nitrogens with one attached hydrogen (secondary N) is 2. The quantitative estimate of drug-likeness (QED) is 0.753. The fourth-order valence-electron chi connectivity index (χ4n) is 1.75. The summed E-state index contributed by atoms with van der Waals surface area (Å²) >= 11 is 5.77. The van der Waals surface area contributed by atoms with Crippen LogP contribution in [0.5, 0.6) is 0 Å². The smallest absolute Gasteiger partial charge is 0.274 e. The second-order valence-corrected chi connectivity index (χ2v) is 4.29. The van der Waals surface area contributed by atoms with Crippen LogP contribution in [0, 0.1) is 0 Å². The maximum Gasteiger partial charge on any atom is 0.274 e. The van der Waals surface area contributed by atoms with E-state index >= 15 is 0 Å². The Labute approximate surface area is 113 Å². The molecule has 0 fully saturated rings. The third-order valence-corrected chi connectivity index (χ3v) is 2.79.